The highest BCUT2D eigenvalue weighted by Crippen LogP contribution is 2.47. The number of halogens is 2. The van der Waals surface area contributed by atoms with Gasteiger partial charge in [-0.1, -0.05) is 0 Å². The Morgan fingerprint density at radius 1 is 1.50 bits per heavy atom. The van der Waals surface area contributed by atoms with Crippen LogP contribution in [0, 0.1) is 0 Å². The van der Waals surface area contributed by atoms with E-state index in [0.717, 1.165) is 7.11 Å². The van der Waals surface area contributed by atoms with Crippen molar-refractivity contribution in [1.82, 2.24) is 0 Å². The lowest BCUT2D eigenvalue weighted by atomic mass is 9.75. The summed E-state index contributed by atoms with van der Waals surface area (Å²) in [5.41, 5.74) is -1.63. The van der Waals surface area contributed by atoms with Crippen molar-refractivity contribution >= 4 is 10.0 Å². The van der Waals surface area contributed by atoms with Crippen molar-refractivity contribution in [2.45, 2.75) is 30.8 Å². The zero-order chi connectivity index (χ0) is 11.0. The number of nitrogens with two attached hydrogens (primary N) is 1. The SMILES string of the molecule is COC1(C(F)(F)CS(N)(=O)=O)CCC1. The van der Waals surface area contributed by atoms with Crippen molar-refractivity contribution in [2.24, 2.45) is 5.14 Å². The molecule has 4 nitrogen and oxygen atoms in total. The maximum absolute atomic E-state index is 13.4. The second kappa shape index (κ2) is 3.39. The standard InChI is InChI=1S/C7H13F2NO3S/c1-13-6(3-2-4-6)7(8,9)5-14(10,11)12/h2-5H2,1H3,(H2,10,11,12). The molecule has 84 valence electrons. The molecule has 2 N–H and O–H groups in total. The zero-order valence-corrected chi connectivity index (χ0v) is 8.61. The lowest BCUT2D eigenvalue weighted by Crippen LogP contribution is -2.58. The molecule has 0 aromatic rings. The Bertz CT molecular complexity index is 305. The smallest absolute Gasteiger partial charge is 0.291 e. The van der Waals surface area contributed by atoms with Gasteiger partial charge in [-0.15, -0.1) is 0 Å². The zero-order valence-electron chi connectivity index (χ0n) is 7.79. The van der Waals surface area contributed by atoms with Crippen LogP contribution in [-0.4, -0.2) is 32.8 Å². The highest BCUT2D eigenvalue weighted by Gasteiger charge is 2.59. The van der Waals surface area contributed by atoms with Crippen LogP contribution in [0.2, 0.25) is 0 Å². The van der Waals surface area contributed by atoms with Crippen molar-refractivity contribution in [3.8, 4) is 0 Å². The molecule has 7 heteroatoms. The normalized spacial score (nSPS) is 21.7. The third-order valence-corrected chi connectivity index (χ3v) is 3.37. The van der Waals surface area contributed by atoms with Crippen LogP contribution in [-0.2, 0) is 14.8 Å². The predicted molar refractivity (Wildman–Crippen MR) is 46.5 cm³/mol. The fourth-order valence-electron chi connectivity index (χ4n) is 1.60. The molecular formula is C7H13F2NO3S. The molecule has 0 radical (unpaired) electrons. The second-order valence-electron chi connectivity index (χ2n) is 3.56. The van der Waals surface area contributed by atoms with Crippen LogP contribution in [0.4, 0.5) is 8.78 Å². The van der Waals surface area contributed by atoms with Crippen molar-refractivity contribution < 1.29 is 21.9 Å². The van der Waals surface area contributed by atoms with Gasteiger partial charge in [0.1, 0.15) is 11.4 Å². The molecule has 14 heavy (non-hydrogen) atoms. The fourth-order valence-corrected chi connectivity index (χ4v) is 2.37. The Hall–Kier alpha value is -0.270. The molecule has 0 heterocycles. The molecule has 1 saturated carbocycles. The second-order valence-corrected chi connectivity index (χ2v) is 5.18. The topological polar surface area (TPSA) is 69.4 Å². The monoisotopic (exact) mass is 229 g/mol. The lowest BCUT2D eigenvalue weighted by molar-refractivity contribution is -0.220. The molecule has 0 amide bonds. The van der Waals surface area contributed by atoms with Gasteiger partial charge in [-0.25, -0.2) is 22.3 Å². The average Bonchev–Trinajstić information content (AvgIpc) is 1.77. The van der Waals surface area contributed by atoms with E-state index in [-0.39, 0.29) is 12.8 Å². The highest BCUT2D eigenvalue weighted by atomic mass is 32.2. The third kappa shape index (κ3) is 2.04. The number of ether oxygens (including phenoxy) is 1. The van der Waals surface area contributed by atoms with Crippen LogP contribution in [0.1, 0.15) is 19.3 Å². The molecule has 1 fully saturated rings. The van der Waals surface area contributed by atoms with Gasteiger partial charge in [0.05, 0.1) is 0 Å². The van der Waals surface area contributed by atoms with Gasteiger partial charge in [0.25, 0.3) is 5.92 Å². The van der Waals surface area contributed by atoms with E-state index in [1.165, 1.54) is 0 Å². The number of alkyl halides is 2. The van der Waals surface area contributed by atoms with Crippen molar-refractivity contribution in [3.05, 3.63) is 0 Å². The van der Waals surface area contributed by atoms with Gasteiger partial charge >= 0.3 is 0 Å². The fraction of sp³-hybridized carbons (Fsp3) is 1.00. The molecule has 0 unspecified atom stereocenters. The summed E-state index contributed by atoms with van der Waals surface area (Å²) in [5, 5.41) is 4.59. The summed E-state index contributed by atoms with van der Waals surface area (Å²) in [4.78, 5) is 0. The Balaban J connectivity index is 2.83. The molecule has 0 spiro atoms. The van der Waals surface area contributed by atoms with Gasteiger partial charge in [-0.3, -0.25) is 0 Å². The van der Waals surface area contributed by atoms with Crippen LogP contribution in [0.15, 0.2) is 0 Å². The predicted octanol–water partition coefficient (Wildman–Crippen LogP) is 0.479. The number of hydrogen-bond donors (Lipinski definition) is 1. The van der Waals surface area contributed by atoms with Gasteiger partial charge in [0, 0.05) is 7.11 Å². The molecule has 1 aliphatic carbocycles. The van der Waals surface area contributed by atoms with E-state index in [4.69, 9.17) is 4.74 Å². The van der Waals surface area contributed by atoms with Gasteiger partial charge in [0.2, 0.25) is 10.0 Å². The van der Waals surface area contributed by atoms with Crippen LogP contribution in [0.3, 0.4) is 0 Å². The maximum atomic E-state index is 13.4. The molecule has 1 aliphatic rings. The molecule has 0 aromatic heterocycles. The minimum absolute atomic E-state index is 0.173. The lowest BCUT2D eigenvalue weighted by Gasteiger charge is -2.45. The summed E-state index contributed by atoms with van der Waals surface area (Å²) in [5.74, 6) is -4.76. The Labute approximate surface area is 81.5 Å². The van der Waals surface area contributed by atoms with Crippen LogP contribution < -0.4 is 5.14 Å². The van der Waals surface area contributed by atoms with Crippen molar-refractivity contribution in [3.63, 3.8) is 0 Å². The number of rotatable bonds is 4. The summed E-state index contributed by atoms with van der Waals surface area (Å²) < 4.78 is 52.8. The first-order valence-corrected chi connectivity index (χ1v) is 5.87. The molecule has 0 atom stereocenters. The molecule has 0 aromatic carbocycles. The number of primary sulfonamides is 1. The van der Waals surface area contributed by atoms with Crippen LogP contribution in [0.5, 0.6) is 0 Å². The molecule has 0 saturated heterocycles. The third-order valence-electron chi connectivity index (χ3n) is 2.60. The van der Waals surface area contributed by atoms with E-state index in [9.17, 15) is 17.2 Å². The number of methoxy groups -OCH3 is 1. The first-order chi connectivity index (χ1) is 6.22. The molecule has 0 aliphatic heterocycles. The van der Waals surface area contributed by atoms with E-state index in [1.807, 2.05) is 0 Å². The molecule has 1 rings (SSSR count). The minimum atomic E-state index is -4.18. The summed E-state index contributed by atoms with van der Waals surface area (Å²) in [6, 6.07) is 0. The minimum Gasteiger partial charge on any atom is -0.372 e. The van der Waals surface area contributed by atoms with E-state index in [2.05, 4.69) is 5.14 Å². The first-order valence-electron chi connectivity index (χ1n) is 4.16. The molecular weight excluding hydrogens is 216 g/mol. The van der Waals surface area contributed by atoms with Gasteiger partial charge in [-0.2, -0.15) is 0 Å². The summed E-state index contributed by atoms with van der Waals surface area (Å²) >= 11 is 0. The van der Waals surface area contributed by atoms with Gasteiger partial charge in [-0.05, 0) is 19.3 Å². The quantitative estimate of drug-likeness (QED) is 0.762. The van der Waals surface area contributed by atoms with E-state index < -0.39 is 27.3 Å². The summed E-state index contributed by atoms with van der Waals surface area (Å²) in [7, 11) is -3.02. The van der Waals surface area contributed by atoms with Crippen molar-refractivity contribution in [1.29, 1.82) is 0 Å². The first kappa shape index (κ1) is 11.8. The highest BCUT2D eigenvalue weighted by molar-refractivity contribution is 7.89. The van der Waals surface area contributed by atoms with Gasteiger partial charge < -0.3 is 4.74 Å². The maximum Gasteiger partial charge on any atom is 0.291 e. The van der Waals surface area contributed by atoms with E-state index in [0.29, 0.717) is 6.42 Å². The molecule has 0 bridgehead atoms. The van der Waals surface area contributed by atoms with Crippen molar-refractivity contribution in [2.75, 3.05) is 12.9 Å². The largest absolute Gasteiger partial charge is 0.372 e. The van der Waals surface area contributed by atoms with Gasteiger partial charge in [0.15, 0.2) is 0 Å². The Morgan fingerprint density at radius 3 is 2.21 bits per heavy atom. The Morgan fingerprint density at radius 2 is 2.00 bits per heavy atom. The number of sulfonamides is 1. The van der Waals surface area contributed by atoms with Crippen LogP contribution in [0.25, 0.3) is 0 Å². The Kier molecular flexibility index (Phi) is 2.86. The average molecular weight is 229 g/mol. The van der Waals surface area contributed by atoms with E-state index >= 15 is 0 Å². The van der Waals surface area contributed by atoms with E-state index in [1.54, 1.807) is 0 Å². The number of hydrogen-bond acceptors (Lipinski definition) is 3. The summed E-state index contributed by atoms with van der Waals surface area (Å²) in [6.45, 7) is 0. The summed E-state index contributed by atoms with van der Waals surface area (Å²) in [6.07, 6.45) is 0.964. The van der Waals surface area contributed by atoms with Crippen LogP contribution >= 0.6 is 0 Å².